The standard InChI is InChI=1S/C25H26N2O4S2/c1-16-12-17(2)24-21(13-16)22(7-10-31-24)26-25(28)18-4-3-5-20(14-18)33(29,30)27-9-6-23-19(15-27)8-11-32-23/h3-5,8,11-14,22H,6-7,9-10,15H2,1-2H3,(H,26,28). The zero-order valence-corrected chi connectivity index (χ0v) is 20.3. The highest BCUT2D eigenvalue weighted by Gasteiger charge is 2.30. The van der Waals surface area contributed by atoms with E-state index in [1.54, 1.807) is 29.5 Å². The van der Waals surface area contributed by atoms with Crippen LogP contribution in [-0.4, -0.2) is 31.8 Å². The number of ether oxygens (including phenoxy) is 1. The molecule has 6 nitrogen and oxygen atoms in total. The average Bonchev–Trinajstić information content (AvgIpc) is 3.28. The summed E-state index contributed by atoms with van der Waals surface area (Å²) in [6.45, 7) is 5.37. The van der Waals surface area contributed by atoms with Crippen LogP contribution in [0.3, 0.4) is 0 Å². The maximum atomic E-state index is 13.3. The van der Waals surface area contributed by atoms with Crippen LogP contribution >= 0.6 is 11.3 Å². The van der Waals surface area contributed by atoms with Gasteiger partial charge in [0, 0.05) is 35.5 Å². The fourth-order valence-corrected chi connectivity index (χ4v) is 7.00. The predicted octanol–water partition coefficient (Wildman–Crippen LogP) is 4.37. The third-order valence-corrected chi connectivity index (χ3v) is 9.15. The number of amides is 1. The van der Waals surface area contributed by atoms with Crippen LogP contribution in [0.5, 0.6) is 5.75 Å². The lowest BCUT2D eigenvalue weighted by molar-refractivity contribution is 0.0924. The van der Waals surface area contributed by atoms with Crippen LogP contribution in [0, 0.1) is 13.8 Å². The van der Waals surface area contributed by atoms with Crippen molar-refractivity contribution in [3.63, 3.8) is 0 Å². The van der Waals surface area contributed by atoms with Gasteiger partial charge in [-0.2, -0.15) is 4.31 Å². The lowest BCUT2D eigenvalue weighted by Crippen LogP contribution is -2.35. The Bertz CT molecular complexity index is 1330. The van der Waals surface area contributed by atoms with Crippen molar-refractivity contribution in [2.75, 3.05) is 13.2 Å². The van der Waals surface area contributed by atoms with E-state index in [0.29, 0.717) is 38.1 Å². The molecule has 5 rings (SSSR count). The second-order valence-electron chi connectivity index (χ2n) is 8.65. The van der Waals surface area contributed by atoms with Gasteiger partial charge < -0.3 is 10.1 Å². The van der Waals surface area contributed by atoms with Gasteiger partial charge in [0.2, 0.25) is 10.0 Å². The Morgan fingerprint density at radius 3 is 2.88 bits per heavy atom. The summed E-state index contributed by atoms with van der Waals surface area (Å²) in [4.78, 5) is 14.5. The van der Waals surface area contributed by atoms with Crippen LogP contribution in [0.25, 0.3) is 0 Å². The fraction of sp³-hybridized carbons (Fsp3) is 0.320. The van der Waals surface area contributed by atoms with Crippen LogP contribution in [0.2, 0.25) is 0 Å². The van der Waals surface area contributed by atoms with Crippen molar-refractivity contribution in [2.45, 2.75) is 44.2 Å². The summed E-state index contributed by atoms with van der Waals surface area (Å²) in [6.07, 6.45) is 1.38. The molecule has 0 bridgehead atoms. The van der Waals surface area contributed by atoms with Crippen LogP contribution in [0.1, 0.15) is 50.0 Å². The quantitative estimate of drug-likeness (QED) is 0.599. The molecule has 0 saturated heterocycles. The predicted molar refractivity (Wildman–Crippen MR) is 128 cm³/mol. The van der Waals surface area contributed by atoms with E-state index in [-0.39, 0.29) is 16.8 Å². The van der Waals surface area contributed by atoms with Crippen molar-refractivity contribution < 1.29 is 17.9 Å². The molecule has 1 unspecified atom stereocenters. The maximum absolute atomic E-state index is 13.3. The van der Waals surface area contributed by atoms with E-state index < -0.39 is 10.0 Å². The summed E-state index contributed by atoms with van der Waals surface area (Å²) in [5.41, 5.74) is 4.52. The molecule has 0 fully saturated rings. The third-order valence-electron chi connectivity index (χ3n) is 6.29. The Balaban J connectivity index is 1.38. The Kier molecular flexibility index (Phi) is 5.76. The minimum Gasteiger partial charge on any atom is -0.493 e. The first-order valence-corrected chi connectivity index (χ1v) is 13.3. The van der Waals surface area contributed by atoms with E-state index in [1.165, 1.54) is 15.2 Å². The number of carbonyl (C=O) groups excluding carboxylic acids is 1. The first-order valence-electron chi connectivity index (χ1n) is 11.0. The van der Waals surface area contributed by atoms with Crippen molar-refractivity contribution in [1.82, 2.24) is 9.62 Å². The van der Waals surface area contributed by atoms with Crippen molar-refractivity contribution in [2.24, 2.45) is 0 Å². The first kappa shape index (κ1) is 22.1. The van der Waals surface area contributed by atoms with Gasteiger partial charge >= 0.3 is 0 Å². The molecule has 2 aromatic carbocycles. The van der Waals surface area contributed by atoms with Gasteiger partial charge in [0.15, 0.2) is 0 Å². The monoisotopic (exact) mass is 482 g/mol. The summed E-state index contributed by atoms with van der Waals surface area (Å²) >= 11 is 1.67. The lowest BCUT2D eigenvalue weighted by Gasteiger charge is -2.28. The zero-order chi connectivity index (χ0) is 23.2. The molecule has 3 aromatic rings. The second kappa shape index (κ2) is 8.59. The molecular formula is C25H26N2O4S2. The summed E-state index contributed by atoms with van der Waals surface area (Å²) in [5.74, 6) is 0.536. The number of hydrogen-bond donors (Lipinski definition) is 1. The first-order chi connectivity index (χ1) is 15.8. The number of thiophene rings is 1. The van der Waals surface area contributed by atoms with E-state index in [0.717, 1.165) is 28.0 Å². The van der Waals surface area contributed by atoms with Gasteiger partial charge in [-0.05, 0) is 61.0 Å². The highest BCUT2D eigenvalue weighted by atomic mass is 32.2. The van der Waals surface area contributed by atoms with Crippen molar-refractivity contribution in [3.05, 3.63) is 80.5 Å². The molecule has 1 amide bonds. The van der Waals surface area contributed by atoms with Crippen LogP contribution in [0.15, 0.2) is 52.7 Å². The molecule has 3 heterocycles. The highest BCUT2D eigenvalue weighted by molar-refractivity contribution is 7.89. The molecule has 0 spiro atoms. The molecule has 1 N–H and O–H groups in total. The van der Waals surface area contributed by atoms with Crippen LogP contribution in [0.4, 0.5) is 0 Å². The Hall–Kier alpha value is -2.68. The number of benzene rings is 2. The number of sulfonamides is 1. The molecular weight excluding hydrogens is 456 g/mol. The van der Waals surface area contributed by atoms with Gasteiger partial charge in [-0.15, -0.1) is 11.3 Å². The molecule has 2 aliphatic heterocycles. The highest BCUT2D eigenvalue weighted by Crippen LogP contribution is 2.36. The Morgan fingerprint density at radius 1 is 1.18 bits per heavy atom. The van der Waals surface area contributed by atoms with Gasteiger partial charge in [0.05, 0.1) is 17.5 Å². The minimum absolute atomic E-state index is 0.146. The molecule has 1 atom stereocenters. The number of fused-ring (bicyclic) bond motifs is 2. The SMILES string of the molecule is Cc1cc(C)c2c(c1)C(NC(=O)c1cccc(S(=O)(=O)N3CCc4sccc4C3)c1)CCO2. The summed E-state index contributed by atoms with van der Waals surface area (Å²) in [7, 11) is -3.69. The molecule has 1 aromatic heterocycles. The van der Waals surface area contributed by atoms with Gasteiger partial charge in [0.1, 0.15) is 5.75 Å². The molecule has 172 valence electrons. The summed E-state index contributed by atoms with van der Waals surface area (Å²) in [6, 6.07) is 12.2. The van der Waals surface area contributed by atoms with E-state index in [9.17, 15) is 13.2 Å². The van der Waals surface area contributed by atoms with Crippen LogP contribution < -0.4 is 10.1 Å². The van der Waals surface area contributed by atoms with Crippen molar-refractivity contribution in [3.8, 4) is 5.75 Å². The number of rotatable bonds is 4. The van der Waals surface area contributed by atoms with Crippen LogP contribution in [-0.2, 0) is 23.0 Å². The normalized spacial score (nSPS) is 18.2. The maximum Gasteiger partial charge on any atom is 0.251 e. The largest absolute Gasteiger partial charge is 0.493 e. The van der Waals surface area contributed by atoms with Gasteiger partial charge in [-0.3, -0.25) is 4.79 Å². The zero-order valence-electron chi connectivity index (χ0n) is 18.6. The Labute approximate surface area is 198 Å². The van der Waals surface area contributed by atoms with Gasteiger partial charge in [-0.25, -0.2) is 8.42 Å². The molecule has 0 aliphatic carbocycles. The number of hydrogen-bond acceptors (Lipinski definition) is 5. The molecule has 2 aliphatic rings. The topological polar surface area (TPSA) is 75.7 Å². The molecule has 33 heavy (non-hydrogen) atoms. The van der Waals surface area contributed by atoms with E-state index >= 15 is 0 Å². The number of aryl methyl sites for hydroxylation is 2. The number of nitrogens with one attached hydrogen (secondary N) is 1. The average molecular weight is 483 g/mol. The van der Waals surface area contributed by atoms with Crippen molar-refractivity contribution >= 4 is 27.3 Å². The van der Waals surface area contributed by atoms with Gasteiger partial charge in [-0.1, -0.05) is 23.8 Å². The fourth-order valence-electron chi connectivity index (χ4n) is 4.64. The van der Waals surface area contributed by atoms with E-state index in [1.807, 2.05) is 31.4 Å². The number of carbonyl (C=O) groups is 1. The molecule has 8 heteroatoms. The van der Waals surface area contributed by atoms with E-state index in [2.05, 4.69) is 11.4 Å². The smallest absolute Gasteiger partial charge is 0.251 e. The Morgan fingerprint density at radius 2 is 2.03 bits per heavy atom. The lowest BCUT2D eigenvalue weighted by atomic mass is 9.95. The molecule has 0 saturated carbocycles. The number of nitrogens with zero attached hydrogens (tertiary/aromatic N) is 1. The summed E-state index contributed by atoms with van der Waals surface area (Å²) < 4.78 is 33.9. The van der Waals surface area contributed by atoms with Crippen molar-refractivity contribution in [1.29, 1.82) is 0 Å². The minimum atomic E-state index is -3.69. The van der Waals surface area contributed by atoms with Gasteiger partial charge in [0.25, 0.3) is 5.91 Å². The van der Waals surface area contributed by atoms with E-state index in [4.69, 9.17) is 4.74 Å². The molecule has 0 radical (unpaired) electrons. The second-order valence-corrected chi connectivity index (χ2v) is 11.6. The third kappa shape index (κ3) is 4.18. The summed E-state index contributed by atoms with van der Waals surface area (Å²) in [5, 5.41) is 5.09.